The van der Waals surface area contributed by atoms with Crippen LogP contribution in [-0.4, -0.2) is 6.54 Å². The van der Waals surface area contributed by atoms with E-state index in [9.17, 15) is 0 Å². The number of nitrogens with one attached hydrogen (secondary N) is 1. The van der Waals surface area contributed by atoms with E-state index in [1.165, 1.54) is 5.56 Å². The molecule has 1 aromatic carbocycles. The Morgan fingerprint density at radius 1 is 1.21 bits per heavy atom. The van der Waals surface area contributed by atoms with Gasteiger partial charge in [0, 0.05) is 10.0 Å². The Bertz CT molecular complexity index is 547. The SMILES string of the molecule is CCNC(CC)c1ccc(-c2ccc(Br)c(C)c2)o1. The van der Waals surface area contributed by atoms with Gasteiger partial charge in [-0.05, 0) is 49.7 Å². The molecule has 2 aromatic rings. The van der Waals surface area contributed by atoms with Crippen LogP contribution < -0.4 is 5.32 Å². The summed E-state index contributed by atoms with van der Waals surface area (Å²) in [6, 6.07) is 10.7. The minimum Gasteiger partial charge on any atom is -0.459 e. The average Bonchev–Trinajstić information content (AvgIpc) is 2.88. The lowest BCUT2D eigenvalue weighted by atomic mass is 10.1. The van der Waals surface area contributed by atoms with Crippen LogP contribution in [0.25, 0.3) is 11.3 Å². The zero-order chi connectivity index (χ0) is 13.8. The van der Waals surface area contributed by atoms with Crippen LogP contribution in [-0.2, 0) is 0 Å². The molecule has 19 heavy (non-hydrogen) atoms. The predicted octanol–water partition coefficient (Wildman–Crippen LogP) is 5.08. The fourth-order valence-corrected chi connectivity index (χ4v) is 2.43. The maximum atomic E-state index is 5.99. The monoisotopic (exact) mass is 321 g/mol. The van der Waals surface area contributed by atoms with E-state index in [1.54, 1.807) is 0 Å². The third-order valence-corrected chi connectivity index (χ3v) is 4.16. The summed E-state index contributed by atoms with van der Waals surface area (Å²) in [5.74, 6) is 1.95. The number of aryl methyl sites for hydroxylation is 1. The standard InChI is InChI=1S/C16H20BrNO/c1-4-14(18-5-2)16-9-8-15(19-16)12-6-7-13(17)11(3)10-12/h6-10,14,18H,4-5H2,1-3H3. The molecule has 1 heterocycles. The second-order valence-corrected chi connectivity index (χ2v) is 5.54. The molecular formula is C16H20BrNO. The first-order valence-electron chi connectivity index (χ1n) is 6.75. The quantitative estimate of drug-likeness (QED) is 0.830. The molecular weight excluding hydrogens is 302 g/mol. The Kier molecular flexibility index (Phi) is 4.83. The fraction of sp³-hybridized carbons (Fsp3) is 0.375. The van der Waals surface area contributed by atoms with E-state index in [-0.39, 0.29) is 0 Å². The van der Waals surface area contributed by atoms with E-state index < -0.39 is 0 Å². The molecule has 0 radical (unpaired) electrons. The maximum Gasteiger partial charge on any atom is 0.134 e. The fourth-order valence-electron chi connectivity index (χ4n) is 2.19. The molecule has 1 unspecified atom stereocenters. The summed E-state index contributed by atoms with van der Waals surface area (Å²) in [6.07, 6.45) is 1.03. The van der Waals surface area contributed by atoms with E-state index in [1.807, 2.05) is 0 Å². The van der Waals surface area contributed by atoms with Crippen LogP contribution in [0.3, 0.4) is 0 Å². The largest absolute Gasteiger partial charge is 0.459 e. The van der Waals surface area contributed by atoms with Crippen molar-refractivity contribution in [2.24, 2.45) is 0 Å². The smallest absolute Gasteiger partial charge is 0.134 e. The Balaban J connectivity index is 2.27. The zero-order valence-electron chi connectivity index (χ0n) is 11.7. The number of rotatable bonds is 5. The van der Waals surface area contributed by atoms with Crippen molar-refractivity contribution in [2.75, 3.05) is 6.54 Å². The van der Waals surface area contributed by atoms with Gasteiger partial charge in [-0.3, -0.25) is 0 Å². The van der Waals surface area contributed by atoms with Crippen LogP contribution in [0.2, 0.25) is 0 Å². The molecule has 1 N–H and O–H groups in total. The van der Waals surface area contributed by atoms with E-state index in [4.69, 9.17) is 4.42 Å². The normalized spacial score (nSPS) is 12.6. The second-order valence-electron chi connectivity index (χ2n) is 4.68. The summed E-state index contributed by atoms with van der Waals surface area (Å²) in [5, 5.41) is 3.43. The van der Waals surface area contributed by atoms with Gasteiger partial charge in [-0.15, -0.1) is 0 Å². The molecule has 0 aliphatic heterocycles. The van der Waals surface area contributed by atoms with Crippen molar-refractivity contribution < 1.29 is 4.42 Å². The first-order chi connectivity index (χ1) is 9.15. The number of halogens is 1. The zero-order valence-corrected chi connectivity index (χ0v) is 13.3. The lowest BCUT2D eigenvalue weighted by Crippen LogP contribution is -2.19. The number of benzene rings is 1. The number of furan rings is 1. The second kappa shape index (κ2) is 6.40. The molecule has 0 saturated heterocycles. The third kappa shape index (κ3) is 3.28. The van der Waals surface area contributed by atoms with E-state index in [0.29, 0.717) is 6.04 Å². The van der Waals surface area contributed by atoms with Crippen LogP contribution in [0, 0.1) is 6.92 Å². The van der Waals surface area contributed by atoms with Gasteiger partial charge in [-0.1, -0.05) is 35.8 Å². The van der Waals surface area contributed by atoms with Gasteiger partial charge in [0.2, 0.25) is 0 Å². The summed E-state index contributed by atoms with van der Waals surface area (Å²) in [7, 11) is 0. The van der Waals surface area contributed by atoms with Gasteiger partial charge in [-0.25, -0.2) is 0 Å². The molecule has 0 aliphatic rings. The molecule has 3 heteroatoms. The molecule has 1 atom stereocenters. The Labute approximate surface area is 123 Å². The van der Waals surface area contributed by atoms with Crippen molar-refractivity contribution in [3.8, 4) is 11.3 Å². The van der Waals surface area contributed by atoms with Crippen LogP contribution in [0.4, 0.5) is 0 Å². The molecule has 0 bridgehead atoms. The summed E-state index contributed by atoms with van der Waals surface area (Å²) >= 11 is 3.52. The van der Waals surface area contributed by atoms with Crippen molar-refractivity contribution in [1.29, 1.82) is 0 Å². The maximum absolute atomic E-state index is 5.99. The lowest BCUT2D eigenvalue weighted by Gasteiger charge is -2.12. The van der Waals surface area contributed by atoms with Crippen molar-refractivity contribution in [1.82, 2.24) is 5.32 Å². The Morgan fingerprint density at radius 2 is 2.00 bits per heavy atom. The highest BCUT2D eigenvalue weighted by Crippen LogP contribution is 2.29. The molecule has 0 amide bonds. The van der Waals surface area contributed by atoms with Gasteiger partial charge < -0.3 is 9.73 Å². The summed E-state index contributed by atoms with van der Waals surface area (Å²) < 4.78 is 7.12. The number of hydrogen-bond donors (Lipinski definition) is 1. The van der Waals surface area contributed by atoms with Gasteiger partial charge in [-0.2, -0.15) is 0 Å². The minimum absolute atomic E-state index is 0.301. The highest BCUT2D eigenvalue weighted by Gasteiger charge is 2.13. The average molecular weight is 322 g/mol. The highest BCUT2D eigenvalue weighted by atomic mass is 79.9. The van der Waals surface area contributed by atoms with Gasteiger partial charge in [0.15, 0.2) is 0 Å². The van der Waals surface area contributed by atoms with Crippen LogP contribution in [0.1, 0.15) is 37.6 Å². The third-order valence-electron chi connectivity index (χ3n) is 3.27. The molecule has 0 fully saturated rings. The van der Waals surface area contributed by atoms with Gasteiger partial charge in [0.05, 0.1) is 6.04 Å². The summed E-state index contributed by atoms with van der Waals surface area (Å²) in [5.41, 5.74) is 2.34. The minimum atomic E-state index is 0.301. The lowest BCUT2D eigenvalue weighted by molar-refractivity contribution is 0.417. The Hall–Kier alpha value is -1.06. The molecule has 0 spiro atoms. The first-order valence-corrected chi connectivity index (χ1v) is 7.54. The van der Waals surface area contributed by atoms with E-state index in [2.05, 4.69) is 72.3 Å². The molecule has 1 aromatic heterocycles. The van der Waals surface area contributed by atoms with Crippen LogP contribution in [0.5, 0.6) is 0 Å². The highest BCUT2D eigenvalue weighted by molar-refractivity contribution is 9.10. The van der Waals surface area contributed by atoms with Crippen LogP contribution >= 0.6 is 15.9 Å². The first kappa shape index (κ1) is 14.4. The van der Waals surface area contributed by atoms with E-state index in [0.717, 1.165) is 34.5 Å². The van der Waals surface area contributed by atoms with Crippen molar-refractivity contribution in [3.63, 3.8) is 0 Å². The molecule has 2 nitrogen and oxygen atoms in total. The van der Waals surface area contributed by atoms with Crippen molar-refractivity contribution in [3.05, 3.63) is 46.1 Å². The molecule has 0 saturated carbocycles. The topological polar surface area (TPSA) is 25.2 Å². The number of hydrogen-bond acceptors (Lipinski definition) is 2. The van der Waals surface area contributed by atoms with Gasteiger partial charge >= 0.3 is 0 Å². The van der Waals surface area contributed by atoms with E-state index >= 15 is 0 Å². The summed E-state index contributed by atoms with van der Waals surface area (Å²) in [6.45, 7) is 7.32. The molecule has 2 rings (SSSR count). The molecule has 0 aliphatic carbocycles. The predicted molar refractivity (Wildman–Crippen MR) is 83.3 cm³/mol. The Morgan fingerprint density at radius 3 is 2.63 bits per heavy atom. The molecule has 102 valence electrons. The van der Waals surface area contributed by atoms with Crippen LogP contribution in [0.15, 0.2) is 39.2 Å². The van der Waals surface area contributed by atoms with Crippen molar-refractivity contribution in [2.45, 2.75) is 33.2 Å². The summed E-state index contributed by atoms with van der Waals surface area (Å²) in [4.78, 5) is 0. The van der Waals surface area contributed by atoms with Crippen molar-refractivity contribution >= 4 is 15.9 Å². The van der Waals surface area contributed by atoms with Gasteiger partial charge in [0.1, 0.15) is 11.5 Å². The van der Waals surface area contributed by atoms with Gasteiger partial charge in [0.25, 0.3) is 0 Å².